The van der Waals surface area contributed by atoms with E-state index in [-0.39, 0.29) is 16.8 Å². The summed E-state index contributed by atoms with van der Waals surface area (Å²) in [6.07, 6.45) is 1.53. The Labute approximate surface area is 160 Å². The predicted octanol–water partition coefficient (Wildman–Crippen LogP) is 3.40. The highest BCUT2D eigenvalue weighted by Crippen LogP contribution is 2.19. The molecule has 0 saturated heterocycles. The van der Waals surface area contributed by atoms with E-state index >= 15 is 0 Å². The first kappa shape index (κ1) is 18.4. The predicted molar refractivity (Wildman–Crippen MR) is 107 cm³/mol. The van der Waals surface area contributed by atoms with Crippen molar-refractivity contribution in [1.82, 2.24) is 9.36 Å². The maximum absolute atomic E-state index is 12.8. The smallest absolute Gasteiger partial charge is 0.295 e. The van der Waals surface area contributed by atoms with Crippen molar-refractivity contribution in [2.45, 2.75) is 13.8 Å². The summed E-state index contributed by atoms with van der Waals surface area (Å²) in [6, 6.07) is 14.8. The summed E-state index contributed by atoms with van der Waals surface area (Å²) in [5, 5.41) is 12.0. The molecular formula is C20H18N4O2S. The van der Waals surface area contributed by atoms with E-state index in [0.29, 0.717) is 11.4 Å². The zero-order valence-corrected chi connectivity index (χ0v) is 16.0. The number of nitriles is 1. The van der Waals surface area contributed by atoms with Crippen LogP contribution >= 0.6 is 11.3 Å². The molecule has 6 nitrogen and oxygen atoms in total. The molecule has 1 amide bonds. The molecule has 3 aromatic rings. The first-order valence-corrected chi connectivity index (χ1v) is 9.07. The van der Waals surface area contributed by atoms with Gasteiger partial charge in [0.2, 0.25) is 0 Å². The minimum Gasteiger partial charge on any atom is -0.315 e. The van der Waals surface area contributed by atoms with Gasteiger partial charge in [0, 0.05) is 16.8 Å². The Kier molecular flexibility index (Phi) is 5.10. The maximum atomic E-state index is 12.8. The van der Waals surface area contributed by atoms with Gasteiger partial charge in [0.05, 0.1) is 11.4 Å². The number of carbonyl (C=O) groups is 1. The molecule has 0 aliphatic heterocycles. The molecule has 0 radical (unpaired) electrons. The highest BCUT2D eigenvalue weighted by atomic mass is 32.1. The average molecular weight is 378 g/mol. The highest BCUT2D eigenvalue weighted by Gasteiger charge is 2.20. The van der Waals surface area contributed by atoms with E-state index in [4.69, 9.17) is 0 Å². The van der Waals surface area contributed by atoms with Crippen molar-refractivity contribution in [2.75, 3.05) is 5.32 Å². The second-order valence-electron chi connectivity index (χ2n) is 6.01. The lowest BCUT2D eigenvalue weighted by molar-refractivity contribution is -0.112. The van der Waals surface area contributed by atoms with E-state index in [9.17, 15) is 14.9 Å². The van der Waals surface area contributed by atoms with Crippen molar-refractivity contribution in [3.8, 4) is 11.8 Å². The van der Waals surface area contributed by atoms with E-state index in [0.717, 1.165) is 9.75 Å². The van der Waals surface area contributed by atoms with Crippen LogP contribution in [-0.2, 0) is 11.8 Å². The number of anilines is 1. The van der Waals surface area contributed by atoms with Crippen LogP contribution in [0.25, 0.3) is 11.8 Å². The Bertz CT molecular complexity index is 1130. The Balaban J connectivity index is 1.96. The van der Waals surface area contributed by atoms with Gasteiger partial charge in [0.1, 0.15) is 17.3 Å². The second-order valence-corrected chi connectivity index (χ2v) is 7.33. The molecule has 0 bridgehead atoms. The van der Waals surface area contributed by atoms with Crippen LogP contribution in [0.15, 0.2) is 52.8 Å². The summed E-state index contributed by atoms with van der Waals surface area (Å²) in [4.78, 5) is 27.3. The second kappa shape index (κ2) is 7.48. The molecule has 27 heavy (non-hydrogen) atoms. The Hall–Kier alpha value is -3.37. The van der Waals surface area contributed by atoms with Crippen molar-refractivity contribution in [3.63, 3.8) is 0 Å². The quantitative estimate of drug-likeness (QED) is 0.558. The lowest BCUT2D eigenvalue weighted by atomic mass is 10.2. The zero-order valence-electron chi connectivity index (χ0n) is 15.2. The number of amides is 1. The molecule has 0 fully saturated rings. The zero-order chi connectivity index (χ0) is 19.6. The first-order chi connectivity index (χ1) is 12.9. The van der Waals surface area contributed by atoms with Crippen molar-refractivity contribution in [3.05, 3.63) is 73.8 Å². The van der Waals surface area contributed by atoms with Gasteiger partial charge >= 0.3 is 0 Å². The number of para-hydroxylation sites is 1. The van der Waals surface area contributed by atoms with E-state index in [1.165, 1.54) is 22.1 Å². The van der Waals surface area contributed by atoms with Gasteiger partial charge in [-0.3, -0.25) is 14.3 Å². The Morgan fingerprint density at radius 1 is 1.19 bits per heavy atom. The number of carbonyl (C=O) groups excluding carboxylic acids is 1. The van der Waals surface area contributed by atoms with Crippen LogP contribution in [0, 0.1) is 25.2 Å². The number of nitrogens with zero attached hydrogens (tertiary/aromatic N) is 3. The lowest BCUT2D eigenvalue weighted by Gasteiger charge is -2.07. The van der Waals surface area contributed by atoms with E-state index in [1.54, 1.807) is 18.7 Å². The van der Waals surface area contributed by atoms with Gasteiger partial charge < -0.3 is 5.32 Å². The number of aromatic nitrogens is 2. The normalized spacial score (nSPS) is 11.3. The molecule has 3 rings (SSSR count). The standard InChI is InChI=1S/C20H18N4O2S/c1-13-9-10-17(27-13)11-15(12-21)19(25)22-18-14(2)23(3)24(20(18)26)16-7-5-4-6-8-16/h4-11H,1-3H3,(H,22,25)/b15-11-. The summed E-state index contributed by atoms with van der Waals surface area (Å²) in [7, 11) is 1.74. The van der Waals surface area contributed by atoms with Crippen LogP contribution in [-0.4, -0.2) is 15.3 Å². The third-order valence-electron chi connectivity index (χ3n) is 4.21. The lowest BCUT2D eigenvalue weighted by Crippen LogP contribution is -2.23. The molecule has 0 saturated carbocycles. The molecular weight excluding hydrogens is 360 g/mol. The van der Waals surface area contributed by atoms with Crippen LogP contribution in [0.4, 0.5) is 5.69 Å². The number of rotatable bonds is 4. The summed E-state index contributed by atoms with van der Waals surface area (Å²) in [5.41, 5.74) is 1.06. The van der Waals surface area contributed by atoms with Crippen LogP contribution in [0.5, 0.6) is 0 Å². The third-order valence-corrected chi connectivity index (χ3v) is 5.15. The van der Waals surface area contributed by atoms with E-state index < -0.39 is 5.91 Å². The number of benzene rings is 1. The van der Waals surface area contributed by atoms with E-state index in [1.807, 2.05) is 55.5 Å². The molecule has 0 unspecified atom stereocenters. The molecule has 1 aromatic carbocycles. The molecule has 0 atom stereocenters. The van der Waals surface area contributed by atoms with Gasteiger partial charge in [0.15, 0.2) is 0 Å². The SMILES string of the molecule is Cc1ccc(/C=C(/C#N)C(=O)Nc2c(C)n(C)n(-c3ccccc3)c2=O)s1. The molecule has 136 valence electrons. The number of hydrogen-bond donors (Lipinski definition) is 1. The molecule has 7 heteroatoms. The summed E-state index contributed by atoms with van der Waals surface area (Å²) in [6.45, 7) is 3.70. The molecule has 0 spiro atoms. The number of hydrogen-bond acceptors (Lipinski definition) is 4. The Morgan fingerprint density at radius 2 is 1.89 bits per heavy atom. The van der Waals surface area contributed by atoms with Crippen molar-refractivity contribution < 1.29 is 4.79 Å². The first-order valence-electron chi connectivity index (χ1n) is 8.26. The maximum Gasteiger partial charge on any atom is 0.295 e. The van der Waals surface area contributed by atoms with E-state index in [2.05, 4.69) is 5.32 Å². The summed E-state index contributed by atoms with van der Waals surface area (Å²) in [5.74, 6) is -0.602. The van der Waals surface area contributed by atoms with Gasteiger partial charge in [-0.15, -0.1) is 11.3 Å². The molecule has 1 N–H and O–H groups in total. The minimum atomic E-state index is -0.602. The summed E-state index contributed by atoms with van der Waals surface area (Å²) >= 11 is 1.49. The minimum absolute atomic E-state index is 0.0502. The number of nitrogens with one attached hydrogen (secondary N) is 1. The molecule has 2 heterocycles. The highest BCUT2D eigenvalue weighted by molar-refractivity contribution is 7.12. The fraction of sp³-hybridized carbons (Fsp3) is 0.150. The molecule has 2 aromatic heterocycles. The average Bonchev–Trinajstić information content (AvgIpc) is 3.16. The largest absolute Gasteiger partial charge is 0.315 e. The van der Waals surface area contributed by atoms with Crippen LogP contribution in [0.3, 0.4) is 0 Å². The van der Waals surface area contributed by atoms with Gasteiger partial charge in [-0.25, -0.2) is 4.68 Å². The van der Waals surface area contributed by atoms with Crippen molar-refractivity contribution >= 4 is 29.0 Å². The molecule has 0 aliphatic rings. The summed E-state index contributed by atoms with van der Waals surface area (Å²) < 4.78 is 3.15. The number of aryl methyl sites for hydroxylation is 1. The monoisotopic (exact) mass is 378 g/mol. The fourth-order valence-electron chi connectivity index (χ4n) is 2.71. The fourth-order valence-corrected chi connectivity index (χ4v) is 3.54. The van der Waals surface area contributed by atoms with Gasteiger partial charge in [-0.2, -0.15) is 5.26 Å². The van der Waals surface area contributed by atoms with Crippen LogP contribution < -0.4 is 10.9 Å². The van der Waals surface area contributed by atoms with Crippen LogP contribution in [0.1, 0.15) is 15.4 Å². The van der Waals surface area contributed by atoms with Gasteiger partial charge in [0.25, 0.3) is 11.5 Å². The van der Waals surface area contributed by atoms with Gasteiger partial charge in [-0.05, 0) is 44.2 Å². The molecule has 0 aliphatic carbocycles. The third kappa shape index (κ3) is 3.61. The number of thiophene rings is 1. The van der Waals surface area contributed by atoms with Crippen molar-refractivity contribution in [2.24, 2.45) is 7.05 Å². The van der Waals surface area contributed by atoms with Crippen molar-refractivity contribution in [1.29, 1.82) is 5.26 Å². The van der Waals surface area contributed by atoms with Gasteiger partial charge in [-0.1, -0.05) is 18.2 Å². The topological polar surface area (TPSA) is 79.8 Å². The Morgan fingerprint density at radius 3 is 2.48 bits per heavy atom. The van der Waals surface area contributed by atoms with Crippen LogP contribution in [0.2, 0.25) is 0 Å².